The van der Waals surface area contributed by atoms with E-state index in [-0.39, 0.29) is 24.1 Å². The van der Waals surface area contributed by atoms with Gasteiger partial charge in [0.05, 0.1) is 18.7 Å². The number of carbonyl (C=O) groups is 2. The van der Waals surface area contributed by atoms with E-state index in [2.05, 4.69) is 10.3 Å². The molecule has 0 saturated carbocycles. The van der Waals surface area contributed by atoms with E-state index in [0.717, 1.165) is 11.1 Å². The molecule has 1 aliphatic heterocycles. The molecule has 2 amide bonds. The van der Waals surface area contributed by atoms with Crippen LogP contribution in [0.2, 0.25) is 0 Å². The summed E-state index contributed by atoms with van der Waals surface area (Å²) in [6.07, 6.45) is 3.29. The molecule has 156 valence electrons. The van der Waals surface area contributed by atoms with Gasteiger partial charge in [-0.1, -0.05) is 35.9 Å². The van der Waals surface area contributed by atoms with Gasteiger partial charge in [-0.25, -0.2) is 0 Å². The van der Waals surface area contributed by atoms with Crippen molar-refractivity contribution >= 4 is 23.1 Å². The van der Waals surface area contributed by atoms with Crippen molar-refractivity contribution < 1.29 is 14.3 Å². The van der Waals surface area contributed by atoms with Crippen molar-refractivity contribution in [3.05, 3.63) is 95.4 Å². The van der Waals surface area contributed by atoms with E-state index < -0.39 is 0 Å². The van der Waals surface area contributed by atoms with E-state index in [4.69, 9.17) is 4.74 Å². The summed E-state index contributed by atoms with van der Waals surface area (Å²) in [7, 11) is 0. The maximum atomic E-state index is 13.3. The monoisotopic (exact) mass is 413 g/mol. The van der Waals surface area contributed by atoms with Crippen LogP contribution in [0.3, 0.4) is 0 Å². The summed E-state index contributed by atoms with van der Waals surface area (Å²) in [5, 5.41) is 3.17. The minimum Gasteiger partial charge on any atom is -0.494 e. The molecule has 1 N–H and O–H groups in total. The van der Waals surface area contributed by atoms with Crippen LogP contribution in [0, 0.1) is 6.92 Å². The highest BCUT2D eigenvalue weighted by molar-refractivity contribution is 6.36. The number of amides is 2. The smallest absolute Gasteiger partial charge is 0.278 e. The van der Waals surface area contributed by atoms with Crippen LogP contribution in [-0.2, 0) is 16.1 Å². The maximum absolute atomic E-state index is 13.3. The quantitative estimate of drug-likeness (QED) is 0.589. The Kier molecular flexibility index (Phi) is 5.80. The summed E-state index contributed by atoms with van der Waals surface area (Å²) in [6, 6.07) is 18.5. The first-order valence-corrected chi connectivity index (χ1v) is 10.1. The molecule has 0 unspecified atom stereocenters. The topological polar surface area (TPSA) is 71.5 Å². The number of hydrogen-bond acceptors (Lipinski definition) is 5. The van der Waals surface area contributed by atoms with Crippen molar-refractivity contribution in [2.45, 2.75) is 20.4 Å². The maximum Gasteiger partial charge on any atom is 0.278 e. The highest BCUT2D eigenvalue weighted by Crippen LogP contribution is 2.32. The van der Waals surface area contributed by atoms with Gasteiger partial charge in [-0.3, -0.25) is 19.5 Å². The van der Waals surface area contributed by atoms with Crippen molar-refractivity contribution in [3.63, 3.8) is 0 Å². The third-order valence-electron chi connectivity index (χ3n) is 5.01. The number of aryl methyl sites for hydroxylation is 1. The fourth-order valence-corrected chi connectivity index (χ4v) is 3.47. The van der Waals surface area contributed by atoms with Gasteiger partial charge < -0.3 is 10.1 Å². The lowest BCUT2D eigenvalue weighted by molar-refractivity contribution is -0.137. The van der Waals surface area contributed by atoms with Crippen molar-refractivity contribution in [1.29, 1.82) is 0 Å². The number of carbonyl (C=O) groups excluding carboxylic acids is 2. The molecule has 4 rings (SSSR count). The van der Waals surface area contributed by atoms with Crippen molar-refractivity contribution in [3.8, 4) is 5.75 Å². The molecule has 1 aliphatic rings. The molecule has 0 saturated heterocycles. The van der Waals surface area contributed by atoms with E-state index in [1.807, 2.05) is 62.4 Å². The van der Waals surface area contributed by atoms with Crippen molar-refractivity contribution in [1.82, 2.24) is 9.88 Å². The number of hydrogen-bond donors (Lipinski definition) is 1. The predicted octanol–water partition coefficient (Wildman–Crippen LogP) is 4.18. The first kappa shape index (κ1) is 20.3. The fraction of sp³-hybridized carbons (Fsp3) is 0.160. The molecule has 0 spiro atoms. The molecule has 2 heterocycles. The van der Waals surface area contributed by atoms with Crippen LogP contribution in [-0.4, -0.2) is 28.3 Å². The lowest BCUT2D eigenvalue weighted by Crippen LogP contribution is -2.32. The number of rotatable bonds is 7. The third kappa shape index (κ3) is 4.33. The molecule has 0 bridgehead atoms. The fourth-order valence-electron chi connectivity index (χ4n) is 3.47. The van der Waals surface area contributed by atoms with Gasteiger partial charge in [0.15, 0.2) is 0 Å². The Balaban J connectivity index is 1.72. The van der Waals surface area contributed by atoms with Crippen LogP contribution >= 0.6 is 0 Å². The number of imide groups is 1. The van der Waals surface area contributed by atoms with Gasteiger partial charge in [0.25, 0.3) is 11.8 Å². The molecular weight excluding hydrogens is 390 g/mol. The molecule has 1 aromatic heterocycles. The minimum absolute atomic E-state index is 0.180. The second kappa shape index (κ2) is 8.83. The first-order chi connectivity index (χ1) is 15.1. The summed E-state index contributed by atoms with van der Waals surface area (Å²) in [4.78, 5) is 31.9. The van der Waals surface area contributed by atoms with Crippen LogP contribution in [0.4, 0.5) is 5.69 Å². The predicted molar refractivity (Wildman–Crippen MR) is 119 cm³/mol. The van der Waals surface area contributed by atoms with Gasteiger partial charge in [-0.15, -0.1) is 0 Å². The summed E-state index contributed by atoms with van der Waals surface area (Å²) >= 11 is 0. The van der Waals surface area contributed by atoms with Gasteiger partial charge in [0.1, 0.15) is 11.4 Å². The van der Waals surface area contributed by atoms with Crippen LogP contribution < -0.4 is 10.1 Å². The SMILES string of the molecule is CCOc1cccc(NC2=C(c3ccc(C)cc3)C(=O)N(Cc3ccncc3)C2=O)c1. The van der Waals surface area contributed by atoms with Gasteiger partial charge >= 0.3 is 0 Å². The Bertz CT molecular complexity index is 1140. The number of nitrogens with zero attached hydrogens (tertiary/aromatic N) is 2. The molecule has 6 heteroatoms. The highest BCUT2D eigenvalue weighted by atomic mass is 16.5. The summed E-state index contributed by atoms with van der Waals surface area (Å²) < 4.78 is 5.56. The molecule has 2 aromatic carbocycles. The number of anilines is 1. The number of nitrogens with one attached hydrogen (secondary N) is 1. The lowest BCUT2D eigenvalue weighted by Gasteiger charge is -2.15. The van der Waals surface area contributed by atoms with Gasteiger partial charge in [-0.2, -0.15) is 0 Å². The summed E-state index contributed by atoms with van der Waals surface area (Å²) in [5.74, 6) is 0.00345. The Morgan fingerprint density at radius 1 is 0.968 bits per heavy atom. The minimum atomic E-state index is -0.362. The second-order valence-electron chi connectivity index (χ2n) is 7.25. The molecular formula is C25H23N3O3. The number of benzene rings is 2. The van der Waals surface area contributed by atoms with Gasteiger partial charge in [0, 0.05) is 24.1 Å². The van der Waals surface area contributed by atoms with Crippen LogP contribution in [0.15, 0.2) is 78.8 Å². The Morgan fingerprint density at radius 2 is 1.71 bits per heavy atom. The standard InChI is InChI=1S/C25H23N3O3/c1-3-31-21-6-4-5-20(15-21)27-23-22(19-9-7-17(2)8-10-19)24(29)28(25(23)30)16-18-11-13-26-14-12-18/h4-15,27H,3,16H2,1-2H3. The Labute approximate surface area is 181 Å². The molecule has 3 aromatic rings. The van der Waals surface area contributed by atoms with Gasteiger partial charge in [-0.05, 0) is 49.2 Å². The van der Waals surface area contributed by atoms with E-state index >= 15 is 0 Å². The zero-order valence-electron chi connectivity index (χ0n) is 17.5. The normalized spacial score (nSPS) is 13.7. The van der Waals surface area contributed by atoms with Crippen LogP contribution in [0.25, 0.3) is 5.57 Å². The Morgan fingerprint density at radius 3 is 2.42 bits per heavy atom. The second-order valence-corrected chi connectivity index (χ2v) is 7.25. The van der Waals surface area contributed by atoms with E-state index in [1.54, 1.807) is 24.5 Å². The number of ether oxygens (including phenoxy) is 1. The van der Waals surface area contributed by atoms with Gasteiger partial charge in [0.2, 0.25) is 0 Å². The lowest BCUT2D eigenvalue weighted by atomic mass is 10.0. The molecule has 0 atom stereocenters. The van der Waals surface area contributed by atoms with Crippen molar-refractivity contribution in [2.24, 2.45) is 0 Å². The zero-order valence-corrected chi connectivity index (χ0v) is 17.5. The largest absolute Gasteiger partial charge is 0.494 e. The average molecular weight is 413 g/mol. The highest BCUT2D eigenvalue weighted by Gasteiger charge is 2.39. The zero-order chi connectivity index (χ0) is 21.8. The molecule has 0 fully saturated rings. The van der Waals surface area contributed by atoms with Crippen molar-refractivity contribution in [2.75, 3.05) is 11.9 Å². The van der Waals surface area contributed by atoms with E-state index in [1.165, 1.54) is 4.90 Å². The summed E-state index contributed by atoms with van der Waals surface area (Å²) in [5.41, 5.74) is 3.91. The number of pyridine rings is 1. The first-order valence-electron chi connectivity index (χ1n) is 10.1. The average Bonchev–Trinajstić information content (AvgIpc) is 3.00. The Hall–Kier alpha value is -3.93. The van der Waals surface area contributed by atoms with Crippen LogP contribution in [0.5, 0.6) is 5.75 Å². The van der Waals surface area contributed by atoms with E-state index in [9.17, 15) is 9.59 Å². The molecule has 6 nitrogen and oxygen atoms in total. The molecule has 0 aliphatic carbocycles. The number of aromatic nitrogens is 1. The van der Waals surface area contributed by atoms with E-state index in [0.29, 0.717) is 29.2 Å². The van der Waals surface area contributed by atoms with Crippen LogP contribution in [0.1, 0.15) is 23.6 Å². The molecule has 0 radical (unpaired) electrons. The summed E-state index contributed by atoms with van der Waals surface area (Å²) in [6.45, 7) is 4.61. The molecule has 31 heavy (non-hydrogen) atoms. The third-order valence-corrected chi connectivity index (χ3v) is 5.01.